The zero-order valence-electron chi connectivity index (χ0n) is 13.8. The molecule has 2 amide bonds. The molecule has 0 unspecified atom stereocenters. The molecule has 0 aromatic heterocycles. The lowest BCUT2D eigenvalue weighted by atomic mass is 10.3. The Morgan fingerprint density at radius 2 is 1.96 bits per heavy atom. The fraction of sp³-hybridized carbons (Fsp3) is 0.167. The number of hydrogen-bond donors (Lipinski definition) is 1. The number of amides is 2. The molecule has 1 aliphatic rings. The normalized spacial score (nSPS) is 14.8. The van der Waals surface area contributed by atoms with Gasteiger partial charge in [0.05, 0.1) is 17.1 Å². The number of carbonyl (C=O) groups is 2. The molecule has 1 aliphatic heterocycles. The molecule has 0 saturated heterocycles. The summed E-state index contributed by atoms with van der Waals surface area (Å²) in [4.78, 5) is 24.4. The molecule has 134 valence electrons. The zero-order chi connectivity index (χ0) is 18.7. The fourth-order valence-corrected chi connectivity index (χ4v) is 2.78. The molecule has 0 spiro atoms. The van der Waals surface area contributed by atoms with Crippen LogP contribution in [0.1, 0.15) is 13.3 Å². The van der Waals surface area contributed by atoms with Crippen LogP contribution in [0.4, 0.5) is 5.69 Å². The van der Waals surface area contributed by atoms with Crippen LogP contribution in [-0.2, 0) is 9.59 Å². The van der Waals surface area contributed by atoms with Crippen LogP contribution in [-0.4, -0.2) is 23.8 Å². The highest BCUT2D eigenvalue weighted by Gasteiger charge is 2.28. The molecular weight excluding hydrogens is 377 g/mol. The van der Waals surface area contributed by atoms with Crippen LogP contribution >= 0.6 is 23.2 Å². The first-order chi connectivity index (χ1) is 12.4. The van der Waals surface area contributed by atoms with Gasteiger partial charge >= 0.3 is 0 Å². The maximum atomic E-state index is 12.3. The van der Waals surface area contributed by atoms with E-state index in [2.05, 4.69) is 10.4 Å². The average Bonchev–Trinajstić information content (AvgIpc) is 2.98. The summed E-state index contributed by atoms with van der Waals surface area (Å²) < 4.78 is 5.55. The topological polar surface area (TPSA) is 71.0 Å². The Morgan fingerprint density at radius 3 is 2.65 bits per heavy atom. The summed E-state index contributed by atoms with van der Waals surface area (Å²) in [5.41, 5.74) is 0.638. The summed E-state index contributed by atoms with van der Waals surface area (Å²) in [5, 5.41) is 8.82. The minimum absolute atomic E-state index is 0.00898. The molecule has 6 nitrogen and oxygen atoms in total. The van der Waals surface area contributed by atoms with Crippen molar-refractivity contribution in [1.29, 1.82) is 0 Å². The van der Waals surface area contributed by atoms with Crippen LogP contribution in [0.15, 0.2) is 53.6 Å². The van der Waals surface area contributed by atoms with Crippen molar-refractivity contribution in [1.82, 2.24) is 5.32 Å². The van der Waals surface area contributed by atoms with Gasteiger partial charge in [-0.1, -0.05) is 41.4 Å². The molecule has 26 heavy (non-hydrogen) atoms. The minimum Gasteiger partial charge on any atom is -0.479 e. The highest BCUT2D eigenvalue weighted by molar-refractivity contribution is 6.35. The molecule has 1 atom stereocenters. The van der Waals surface area contributed by atoms with Gasteiger partial charge in [-0.3, -0.25) is 9.59 Å². The first-order valence-electron chi connectivity index (χ1n) is 7.82. The number of nitrogens with zero attached hydrogens (tertiary/aromatic N) is 2. The Bertz CT molecular complexity index is 871. The van der Waals surface area contributed by atoms with Crippen LogP contribution in [0.3, 0.4) is 0 Å². The van der Waals surface area contributed by atoms with Gasteiger partial charge < -0.3 is 10.1 Å². The number of anilines is 1. The number of hydrogen-bond acceptors (Lipinski definition) is 4. The van der Waals surface area contributed by atoms with Gasteiger partial charge in [0.15, 0.2) is 6.10 Å². The van der Waals surface area contributed by atoms with Gasteiger partial charge in [0.1, 0.15) is 11.6 Å². The molecule has 1 N–H and O–H groups in total. The van der Waals surface area contributed by atoms with Gasteiger partial charge in [-0.05, 0) is 37.3 Å². The highest BCUT2D eigenvalue weighted by Crippen LogP contribution is 2.28. The highest BCUT2D eigenvalue weighted by atomic mass is 35.5. The third kappa shape index (κ3) is 4.15. The standard InChI is InChI=1S/C18H15Cl2N3O3/c1-11(26-15-8-7-12(19)9-14(15)20)18(25)21-16-10-17(24)23(22-16)13-5-3-2-4-6-13/h2-9,11H,10H2,1H3,(H,21,22,25)/t11-/m1/s1. The summed E-state index contributed by atoms with van der Waals surface area (Å²) in [5.74, 6) is -0.0473. The van der Waals surface area contributed by atoms with Crippen LogP contribution in [0.5, 0.6) is 5.75 Å². The maximum absolute atomic E-state index is 12.3. The number of hydrazone groups is 1. The lowest BCUT2D eigenvalue weighted by molar-refractivity contribution is -0.125. The maximum Gasteiger partial charge on any atom is 0.266 e. The molecule has 2 aromatic carbocycles. The lowest BCUT2D eigenvalue weighted by Gasteiger charge is -2.15. The summed E-state index contributed by atoms with van der Waals surface area (Å²) in [7, 11) is 0. The second kappa shape index (κ2) is 7.76. The van der Waals surface area contributed by atoms with Crippen LogP contribution < -0.4 is 15.1 Å². The zero-order valence-corrected chi connectivity index (χ0v) is 15.3. The third-order valence-corrected chi connectivity index (χ3v) is 4.14. The largest absolute Gasteiger partial charge is 0.479 e. The van der Waals surface area contributed by atoms with Crippen molar-refractivity contribution < 1.29 is 14.3 Å². The van der Waals surface area contributed by atoms with Gasteiger partial charge in [-0.25, -0.2) is 0 Å². The van der Waals surface area contributed by atoms with Crippen molar-refractivity contribution >= 4 is 46.5 Å². The van der Waals surface area contributed by atoms with Gasteiger partial charge in [0.2, 0.25) is 0 Å². The van der Waals surface area contributed by atoms with Crippen molar-refractivity contribution in [3.8, 4) is 5.75 Å². The molecule has 0 aliphatic carbocycles. The van der Waals surface area contributed by atoms with E-state index in [9.17, 15) is 9.59 Å². The Labute approximate surface area is 160 Å². The van der Waals surface area contributed by atoms with Crippen molar-refractivity contribution in [3.63, 3.8) is 0 Å². The van der Waals surface area contributed by atoms with Gasteiger partial charge in [-0.15, -0.1) is 0 Å². The molecule has 2 aromatic rings. The molecule has 1 heterocycles. The van der Waals surface area contributed by atoms with Crippen LogP contribution in [0, 0.1) is 0 Å². The number of para-hydroxylation sites is 1. The summed E-state index contributed by atoms with van der Waals surface area (Å²) in [6.45, 7) is 1.58. The fourth-order valence-electron chi connectivity index (χ4n) is 2.33. The SMILES string of the molecule is C[C@@H](Oc1ccc(Cl)cc1Cl)C(=O)NC1=NN(c2ccccc2)C(=O)C1. The van der Waals surface area contributed by atoms with Crippen molar-refractivity contribution in [3.05, 3.63) is 58.6 Å². The summed E-state index contributed by atoms with van der Waals surface area (Å²) in [6, 6.07) is 13.7. The van der Waals surface area contributed by atoms with Crippen LogP contribution in [0.2, 0.25) is 10.0 Å². The number of ether oxygens (including phenoxy) is 1. The number of carbonyl (C=O) groups excluding carboxylic acids is 2. The van der Waals surface area contributed by atoms with E-state index < -0.39 is 12.0 Å². The van der Waals surface area contributed by atoms with Gasteiger partial charge in [-0.2, -0.15) is 10.1 Å². The first-order valence-corrected chi connectivity index (χ1v) is 8.57. The smallest absolute Gasteiger partial charge is 0.266 e. The summed E-state index contributed by atoms with van der Waals surface area (Å²) in [6.07, 6.45) is -0.827. The minimum atomic E-state index is -0.836. The molecule has 8 heteroatoms. The van der Waals surface area contributed by atoms with Gasteiger partial charge in [0, 0.05) is 5.02 Å². The first kappa shape index (κ1) is 18.2. The number of benzene rings is 2. The summed E-state index contributed by atoms with van der Waals surface area (Å²) >= 11 is 11.9. The van der Waals surface area contributed by atoms with Crippen molar-refractivity contribution in [2.45, 2.75) is 19.4 Å². The van der Waals surface area contributed by atoms with Crippen molar-refractivity contribution in [2.24, 2.45) is 5.10 Å². The molecule has 0 fully saturated rings. The lowest BCUT2D eigenvalue weighted by Crippen LogP contribution is -2.39. The quantitative estimate of drug-likeness (QED) is 0.864. The second-order valence-corrected chi connectivity index (χ2v) is 6.43. The molecular formula is C18H15Cl2N3O3. The van der Waals surface area contributed by atoms with E-state index >= 15 is 0 Å². The van der Waals surface area contributed by atoms with E-state index in [-0.39, 0.29) is 18.2 Å². The average molecular weight is 392 g/mol. The molecule has 3 rings (SSSR count). The van der Waals surface area contributed by atoms with E-state index in [1.807, 2.05) is 6.07 Å². The van der Waals surface area contributed by atoms with Gasteiger partial charge in [0.25, 0.3) is 11.8 Å². The number of amidine groups is 1. The Balaban J connectivity index is 1.65. The Morgan fingerprint density at radius 1 is 1.23 bits per heavy atom. The third-order valence-electron chi connectivity index (χ3n) is 3.61. The number of rotatable bonds is 4. The van der Waals surface area contributed by atoms with E-state index in [1.165, 1.54) is 11.1 Å². The van der Waals surface area contributed by atoms with E-state index in [0.717, 1.165) is 0 Å². The Kier molecular flexibility index (Phi) is 5.44. The predicted octanol–water partition coefficient (Wildman–Crippen LogP) is 3.63. The number of halogens is 2. The predicted molar refractivity (Wildman–Crippen MR) is 101 cm³/mol. The second-order valence-electron chi connectivity index (χ2n) is 5.59. The molecule has 0 radical (unpaired) electrons. The van der Waals surface area contributed by atoms with Crippen molar-refractivity contribution in [2.75, 3.05) is 5.01 Å². The van der Waals surface area contributed by atoms with E-state index in [4.69, 9.17) is 27.9 Å². The molecule has 0 saturated carbocycles. The molecule has 0 bridgehead atoms. The van der Waals surface area contributed by atoms with Crippen LogP contribution in [0.25, 0.3) is 0 Å². The number of nitrogens with one attached hydrogen (secondary N) is 1. The van der Waals surface area contributed by atoms with E-state index in [0.29, 0.717) is 21.5 Å². The van der Waals surface area contributed by atoms with E-state index in [1.54, 1.807) is 43.3 Å². The Hall–Kier alpha value is -2.57. The monoisotopic (exact) mass is 391 g/mol.